The fourth-order valence-corrected chi connectivity index (χ4v) is 4.36. The highest BCUT2D eigenvalue weighted by Gasteiger charge is 2.45. The predicted octanol–water partition coefficient (Wildman–Crippen LogP) is 2.05. The molecule has 4 rings (SSSR count). The quantitative estimate of drug-likeness (QED) is 0.272. The first kappa shape index (κ1) is 29.4. The smallest absolute Gasteiger partial charge is 0.242 e. The molecule has 3 aromatic rings. The minimum absolute atomic E-state index is 0.0689. The summed E-state index contributed by atoms with van der Waals surface area (Å²) in [4.78, 5) is 0. The van der Waals surface area contributed by atoms with Crippen LogP contribution in [0.15, 0.2) is 42.5 Å². The van der Waals surface area contributed by atoms with Crippen LogP contribution in [0.3, 0.4) is 0 Å². The molecule has 12 heteroatoms. The van der Waals surface area contributed by atoms with E-state index in [1.54, 1.807) is 62.4 Å². The maximum Gasteiger partial charge on any atom is 0.242 e. The summed E-state index contributed by atoms with van der Waals surface area (Å²) in [6, 6.07) is 12.3. The topological polar surface area (TPSA) is 154 Å². The number of ether oxygens (including phenoxy) is 6. The second kappa shape index (κ2) is 12.7. The van der Waals surface area contributed by atoms with Gasteiger partial charge in [0.2, 0.25) is 18.1 Å². The number of nitrogens with zero attached hydrogens (tertiary/aromatic N) is 2. The van der Waals surface area contributed by atoms with Gasteiger partial charge in [0.05, 0.1) is 39.5 Å². The Hall–Kier alpha value is -3.55. The van der Waals surface area contributed by atoms with Crippen molar-refractivity contribution in [1.29, 1.82) is 0 Å². The summed E-state index contributed by atoms with van der Waals surface area (Å²) in [5.41, 5.74) is 1.27. The molecule has 1 aliphatic rings. The molecule has 1 aliphatic heterocycles. The van der Waals surface area contributed by atoms with Crippen LogP contribution in [0.1, 0.15) is 31.0 Å². The third-order valence-corrected chi connectivity index (χ3v) is 6.62. The van der Waals surface area contributed by atoms with Gasteiger partial charge < -0.3 is 48.8 Å². The lowest BCUT2D eigenvalue weighted by Gasteiger charge is -2.39. The van der Waals surface area contributed by atoms with E-state index >= 15 is 0 Å². The average Bonchev–Trinajstić information content (AvgIpc) is 3.30. The van der Waals surface area contributed by atoms with Crippen molar-refractivity contribution in [3.63, 3.8) is 0 Å². The fourth-order valence-electron chi connectivity index (χ4n) is 4.36. The lowest BCUT2D eigenvalue weighted by atomic mass is 9.99. The Morgan fingerprint density at radius 2 is 1.52 bits per heavy atom. The van der Waals surface area contributed by atoms with Crippen molar-refractivity contribution in [2.75, 3.05) is 27.9 Å². The van der Waals surface area contributed by atoms with E-state index < -0.39 is 37.3 Å². The van der Waals surface area contributed by atoms with Crippen LogP contribution in [0.4, 0.5) is 0 Å². The normalized spacial score (nSPS) is 22.7. The van der Waals surface area contributed by atoms with Crippen LogP contribution in [0.2, 0.25) is 0 Å². The van der Waals surface area contributed by atoms with Crippen LogP contribution in [0, 0.1) is 0 Å². The zero-order chi connectivity index (χ0) is 29.0. The molecule has 0 saturated carbocycles. The van der Waals surface area contributed by atoms with Crippen LogP contribution >= 0.6 is 0 Å². The van der Waals surface area contributed by atoms with Crippen LogP contribution in [0.5, 0.6) is 34.8 Å². The maximum atomic E-state index is 10.6. The highest BCUT2D eigenvalue weighted by Crippen LogP contribution is 2.39. The number of rotatable bonds is 11. The van der Waals surface area contributed by atoms with Crippen molar-refractivity contribution < 1.29 is 48.8 Å². The fraction of sp³-hybridized carbons (Fsp3) is 0.464. The van der Waals surface area contributed by atoms with Crippen LogP contribution < -0.4 is 23.7 Å². The highest BCUT2D eigenvalue weighted by atomic mass is 16.7. The molecule has 40 heavy (non-hydrogen) atoms. The highest BCUT2D eigenvalue weighted by molar-refractivity contribution is 5.49. The van der Waals surface area contributed by atoms with Gasteiger partial charge in [0, 0.05) is 12.5 Å². The molecule has 0 unspecified atom stereocenters. The van der Waals surface area contributed by atoms with E-state index in [0.717, 1.165) is 5.56 Å². The Labute approximate surface area is 232 Å². The number of aromatic nitrogens is 2. The minimum Gasteiger partial charge on any atom is -0.497 e. The summed E-state index contributed by atoms with van der Waals surface area (Å²) in [6.07, 6.45) is -7.09. The Morgan fingerprint density at radius 1 is 0.875 bits per heavy atom. The zero-order valence-corrected chi connectivity index (χ0v) is 23.1. The number of hydrogen-bond acceptors (Lipinski definition) is 11. The Bertz CT molecular complexity index is 1260. The summed E-state index contributed by atoms with van der Waals surface area (Å²) in [5, 5.41) is 45.3. The summed E-state index contributed by atoms with van der Waals surface area (Å²) in [5.74, 6) is 2.80. The Morgan fingerprint density at radius 3 is 2.12 bits per heavy atom. The average molecular weight is 561 g/mol. The third-order valence-electron chi connectivity index (χ3n) is 6.62. The molecule has 5 atom stereocenters. The van der Waals surface area contributed by atoms with Crippen molar-refractivity contribution in [1.82, 2.24) is 9.78 Å². The second-order valence-corrected chi connectivity index (χ2v) is 9.57. The van der Waals surface area contributed by atoms with Gasteiger partial charge >= 0.3 is 0 Å². The summed E-state index contributed by atoms with van der Waals surface area (Å²) < 4.78 is 35.8. The van der Waals surface area contributed by atoms with Gasteiger partial charge in [-0.1, -0.05) is 6.07 Å². The molecule has 1 fully saturated rings. The maximum absolute atomic E-state index is 10.6. The molecule has 218 valence electrons. The zero-order valence-electron chi connectivity index (χ0n) is 23.1. The van der Waals surface area contributed by atoms with Crippen molar-refractivity contribution in [2.45, 2.75) is 57.0 Å². The molecule has 0 bridgehead atoms. The molecule has 2 heterocycles. The molecule has 0 amide bonds. The summed E-state index contributed by atoms with van der Waals surface area (Å²) in [7, 11) is 4.69. The van der Waals surface area contributed by atoms with E-state index in [1.165, 1.54) is 0 Å². The first-order valence-electron chi connectivity index (χ1n) is 12.8. The van der Waals surface area contributed by atoms with Gasteiger partial charge in [0.25, 0.3) is 0 Å². The number of aliphatic hydroxyl groups excluding tert-OH is 4. The summed E-state index contributed by atoms with van der Waals surface area (Å²) in [6.45, 7) is 3.25. The SMILES string of the molecule is COc1ccc(Oc2c(Cc3ccc(OC)cc3OC)c(O[C@@H]3O[C@H](CO)[C@@H](O)[C@H](O)[C@H]3O)nn2C(C)C)cc1. The number of hydrogen-bond donors (Lipinski definition) is 4. The number of aliphatic hydroxyl groups is 4. The largest absolute Gasteiger partial charge is 0.497 e. The second-order valence-electron chi connectivity index (χ2n) is 9.57. The molecule has 0 aliphatic carbocycles. The van der Waals surface area contributed by atoms with Crippen LogP contribution in [-0.2, 0) is 11.2 Å². The van der Waals surface area contributed by atoms with Crippen molar-refractivity contribution >= 4 is 0 Å². The standard InChI is InChI=1S/C28H36N2O10/c1-15(2)30-27(38-18-10-8-17(35-3)9-11-18)20(12-16-6-7-19(36-4)13-21(16)37-5)26(29-30)40-28-25(34)24(33)23(32)22(14-31)39-28/h6-11,13,15,22-25,28,31-34H,12,14H2,1-5H3/t22-,23-,24+,25-,28+/m1/s1. The first-order valence-corrected chi connectivity index (χ1v) is 12.8. The molecule has 1 aromatic heterocycles. The van der Waals surface area contributed by atoms with E-state index in [-0.39, 0.29) is 18.3 Å². The monoisotopic (exact) mass is 560 g/mol. The first-order chi connectivity index (χ1) is 19.2. The third kappa shape index (κ3) is 6.11. The lowest BCUT2D eigenvalue weighted by Crippen LogP contribution is -2.60. The van der Waals surface area contributed by atoms with E-state index in [4.69, 9.17) is 28.4 Å². The lowest BCUT2D eigenvalue weighted by molar-refractivity contribution is -0.278. The predicted molar refractivity (Wildman–Crippen MR) is 142 cm³/mol. The van der Waals surface area contributed by atoms with E-state index in [1.807, 2.05) is 19.9 Å². The number of benzene rings is 2. The van der Waals surface area contributed by atoms with Gasteiger partial charge in [-0.25, -0.2) is 4.68 Å². The number of methoxy groups -OCH3 is 3. The molecule has 4 N–H and O–H groups in total. The van der Waals surface area contributed by atoms with Gasteiger partial charge in [-0.15, -0.1) is 5.10 Å². The molecule has 0 radical (unpaired) electrons. The summed E-state index contributed by atoms with van der Waals surface area (Å²) >= 11 is 0. The van der Waals surface area contributed by atoms with Crippen LogP contribution in [0.25, 0.3) is 0 Å². The van der Waals surface area contributed by atoms with Gasteiger partial charge in [0.1, 0.15) is 47.4 Å². The molecular weight excluding hydrogens is 524 g/mol. The van der Waals surface area contributed by atoms with Gasteiger partial charge in [0.15, 0.2) is 0 Å². The van der Waals surface area contributed by atoms with Crippen LogP contribution in [-0.4, -0.2) is 88.8 Å². The van der Waals surface area contributed by atoms with E-state index in [0.29, 0.717) is 34.4 Å². The van der Waals surface area contributed by atoms with Crippen molar-refractivity contribution in [2.24, 2.45) is 0 Å². The van der Waals surface area contributed by atoms with E-state index in [9.17, 15) is 20.4 Å². The van der Waals surface area contributed by atoms with E-state index in [2.05, 4.69) is 5.10 Å². The molecule has 1 saturated heterocycles. The van der Waals surface area contributed by atoms with Gasteiger partial charge in [-0.2, -0.15) is 0 Å². The molecule has 12 nitrogen and oxygen atoms in total. The molecule has 2 aromatic carbocycles. The minimum atomic E-state index is -1.61. The molecular formula is C28H36N2O10. The van der Waals surface area contributed by atoms with Crippen molar-refractivity contribution in [3.8, 4) is 34.8 Å². The van der Waals surface area contributed by atoms with Gasteiger partial charge in [-0.05, 0) is 49.7 Å². The molecule has 0 spiro atoms. The Balaban J connectivity index is 1.79. The van der Waals surface area contributed by atoms with Gasteiger partial charge in [-0.3, -0.25) is 0 Å². The Kier molecular flexibility index (Phi) is 9.38. The van der Waals surface area contributed by atoms with Crippen molar-refractivity contribution in [3.05, 3.63) is 53.6 Å².